The molecule has 11 heteroatoms. The van der Waals surface area contributed by atoms with Gasteiger partial charge in [0.2, 0.25) is 0 Å². The molecule has 1 N–H and O–H groups in total. The maximum absolute atomic E-state index is 12.4. The molecule has 6 nitrogen and oxygen atoms in total. The van der Waals surface area contributed by atoms with Crippen molar-refractivity contribution in [3.8, 4) is 11.5 Å². The van der Waals surface area contributed by atoms with Crippen LogP contribution in [-0.4, -0.2) is 19.8 Å². The van der Waals surface area contributed by atoms with E-state index in [-0.39, 0.29) is 22.2 Å². The third-order valence-electron chi connectivity index (χ3n) is 3.65. The summed E-state index contributed by atoms with van der Waals surface area (Å²) in [4.78, 5) is 3.87. The van der Waals surface area contributed by atoms with E-state index in [1.54, 1.807) is 18.3 Å². The highest BCUT2D eigenvalue weighted by atomic mass is 35.5. The molecule has 0 amide bonds. The first kappa shape index (κ1) is 21.7. The molecule has 30 heavy (non-hydrogen) atoms. The van der Waals surface area contributed by atoms with Crippen LogP contribution in [0.15, 0.2) is 71.8 Å². The molecule has 158 valence electrons. The number of pyridine rings is 1. The monoisotopic (exact) mass is 458 g/mol. The van der Waals surface area contributed by atoms with E-state index in [2.05, 4.69) is 14.4 Å². The van der Waals surface area contributed by atoms with Gasteiger partial charge in [0.25, 0.3) is 10.0 Å². The van der Waals surface area contributed by atoms with Gasteiger partial charge < -0.3 is 9.47 Å². The molecule has 0 bridgehead atoms. The van der Waals surface area contributed by atoms with Crippen LogP contribution in [0.4, 0.5) is 18.9 Å². The van der Waals surface area contributed by atoms with Gasteiger partial charge >= 0.3 is 6.36 Å². The SMILES string of the molecule is O=S(=O)(Nc1ccc(OCc2ccccn2)c(Cl)c1)c1ccc(OC(F)(F)F)cc1. The lowest BCUT2D eigenvalue weighted by Gasteiger charge is -2.12. The summed E-state index contributed by atoms with van der Waals surface area (Å²) in [5, 5.41) is 0.167. The number of halogens is 4. The minimum Gasteiger partial charge on any atom is -0.486 e. The Morgan fingerprint density at radius 3 is 2.37 bits per heavy atom. The Bertz CT molecular complexity index is 1110. The van der Waals surface area contributed by atoms with Gasteiger partial charge in [-0.25, -0.2) is 8.42 Å². The zero-order valence-electron chi connectivity index (χ0n) is 15.1. The van der Waals surface area contributed by atoms with E-state index in [0.29, 0.717) is 11.4 Å². The molecular formula is C19H14ClF3N2O4S. The van der Waals surface area contributed by atoms with Crippen LogP contribution in [0.25, 0.3) is 0 Å². The summed E-state index contributed by atoms with van der Waals surface area (Å²) < 4.78 is 73.1. The van der Waals surface area contributed by atoms with E-state index >= 15 is 0 Å². The van der Waals surface area contributed by atoms with Crippen LogP contribution in [0.2, 0.25) is 5.02 Å². The van der Waals surface area contributed by atoms with Gasteiger partial charge in [0.1, 0.15) is 18.1 Å². The molecule has 0 aliphatic carbocycles. The number of hydrogen-bond acceptors (Lipinski definition) is 5. The second-order valence-corrected chi connectivity index (χ2v) is 7.97. The van der Waals surface area contributed by atoms with Gasteiger partial charge in [-0.15, -0.1) is 13.2 Å². The number of sulfonamides is 1. The van der Waals surface area contributed by atoms with Crippen molar-refractivity contribution in [1.82, 2.24) is 4.98 Å². The molecule has 0 fully saturated rings. The molecule has 0 spiro atoms. The van der Waals surface area contributed by atoms with E-state index in [1.165, 1.54) is 18.2 Å². The molecule has 3 rings (SSSR count). The molecule has 3 aromatic rings. The van der Waals surface area contributed by atoms with Gasteiger partial charge in [-0.2, -0.15) is 0 Å². The fraction of sp³-hybridized carbons (Fsp3) is 0.105. The summed E-state index contributed by atoms with van der Waals surface area (Å²) in [7, 11) is -4.05. The van der Waals surface area contributed by atoms with Crippen molar-refractivity contribution in [3.63, 3.8) is 0 Å². The van der Waals surface area contributed by atoms with E-state index in [9.17, 15) is 21.6 Å². The maximum atomic E-state index is 12.4. The van der Waals surface area contributed by atoms with Crippen LogP contribution in [0.5, 0.6) is 11.5 Å². The topological polar surface area (TPSA) is 77.5 Å². The van der Waals surface area contributed by atoms with Crippen LogP contribution in [0.1, 0.15) is 5.69 Å². The molecule has 1 heterocycles. The number of benzene rings is 2. The van der Waals surface area contributed by atoms with Gasteiger partial charge in [-0.1, -0.05) is 17.7 Å². The number of aromatic nitrogens is 1. The lowest BCUT2D eigenvalue weighted by molar-refractivity contribution is -0.274. The van der Waals surface area contributed by atoms with Crippen molar-refractivity contribution in [2.45, 2.75) is 17.9 Å². The summed E-state index contributed by atoms with van der Waals surface area (Å²) in [5.41, 5.74) is 0.845. The standard InChI is InChI=1S/C19H14ClF3N2O4S/c20-17-11-13(4-9-18(17)28-12-14-3-1-2-10-24-14)25-30(26,27)16-7-5-15(6-8-16)29-19(21,22)23/h1-11,25H,12H2. The Balaban J connectivity index is 1.68. The fourth-order valence-corrected chi connectivity index (χ4v) is 3.64. The van der Waals surface area contributed by atoms with E-state index in [4.69, 9.17) is 16.3 Å². The molecule has 2 aromatic carbocycles. The Morgan fingerprint density at radius 2 is 1.77 bits per heavy atom. The third kappa shape index (κ3) is 6.01. The quantitative estimate of drug-likeness (QED) is 0.538. The Hall–Kier alpha value is -2.98. The van der Waals surface area contributed by atoms with Crippen LogP contribution in [-0.2, 0) is 16.6 Å². The van der Waals surface area contributed by atoms with Crippen molar-refractivity contribution < 1.29 is 31.1 Å². The number of hydrogen-bond donors (Lipinski definition) is 1. The zero-order valence-corrected chi connectivity index (χ0v) is 16.6. The fourth-order valence-electron chi connectivity index (χ4n) is 2.35. The van der Waals surface area contributed by atoms with Gasteiger partial charge in [-0.05, 0) is 54.6 Å². The number of nitrogens with zero attached hydrogens (tertiary/aromatic N) is 1. The Kier molecular flexibility index (Phi) is 6.37. The predicted molar refractivity (Wildman–Crippen MR) is 104 cm³/mol. The second kappa shape index (κ2) is 8.80. The normalized spacial score (nSPS) is 11.7. The molecule has 0 aliphatic heterocycles. The van der Waals surface area contributed by atoms with Crippen LogP contribution >= 0.6 is 11.6 Å². The van der Waals surface area contributed by atoms with Crippen LogP contribution < -0.4 is 14.2 Å². The maximum Gasteiger partial charge on any atom is 0.573 e. The van der Waals surface area contributed by atoms with Gasteiger partial charge in [0, 0.05) is 6.20 Å². The summed E-state index contributed by atoms with van der Waals surface area (Å²) in [6, 6.07) is 13.5. The molecular weight excluding hydrogens is 445 g/mol. The molecule has 1 aromatic heterocycles. The average Bonchev–Trinajstić information content (AvgIpc) is 2.67. The Labute approximate surface area is 175 Å². The lowest BCUT2D eigenvalue weighted by Crippen LogP contribution is -2.17. The number of alkyl halides is 3. The highest BCUT2D eigenvalue weighted by Crippen LogP contribution is 2.30. The van der Waals surface area contributed by atoms with E-state index in [1.807, 2.05) is 6.07 Å². The van der Waals surface area contributed by atoms with Crippen LogP contribution in [0.3, 0.4) is 0 Å². The van der Waals surface area contributed by atoms with Crippen molar-refractivity contribution in [1.29, 1.82) is 0 Å². The number of ether oxygens (including phenoxy) is 2. The summed E-state index contributed by atoms with van der Waals surface area (Å²) in [5.74, 6) is -0.196. The van der Waals surface area contributed by atoms with Crippen molar-refractivity contribution >= 4 is 27.3 Å². The Morgan fingerprint density at radius 1 is 1.03 bits per heavy atom. The molecule has 0 atom stereocenters. The van der Waals surface area contributed by atoms with E-state index < -0.39 is 22.1 Å². The first-order chi connectivity index (χ1) is 14.1. The molecule has 0 radical (unpaired) electrons. The number of anilines is 1. The average molecular weight is 459 g/mol. The van der Waals surface area contributed by atoms with Gasteiger partial charge in [0.05, 0.1) is 21.3 Å². The van der Waals surface area contributed by atoms with Crippen molar-refractivity contribution in [2.75, 3.05) is 4.72 Å². The smallest absolute Gasteiger partial charge is 0.486 e. The molecule has 0 aliphatic rings. The highest BCUT2D eigenvalue weighted by Gasteiger charge is 2.31. The van der Waals surface area contributed by atoms with Gasteiger partial charge in [-0.3, -0.25) is 9.71 Å². The first-order valence-corrected chi connectivity index (χ1v) is 10.2. The third-order valence-corrected chi connectivity index (χ3v) is 5.35. The van der Waals surface area contributed by atoms with Crippen molar-refractivity contribution in [3.05, 3.63) is 77.6 Å². The number of rotatable bonds is 7. The van der Waals surface area contributed by atoms with E-state index in [0.717, 1.165) is 24.3 Å². The summed E-state index contributed by atoms with van der Waals surface area (Å²) >= 11 is 6.15. The van der Waals surface area contributed by atoms with Crippen LogP contribution in [0, 0.1) is 0 Å². The predicted octanol–water partition coefficient (Wildman–Crippen LogP) is 5.01. The molecule has 0 unspecified atom stereocenters. The highest BCUT2D eigenvalue weighted by molar-refractivity contribution is 7.92. The molecule has 0 saturated carbocycles. The summed E-state index contributed by atoms with van der Waals surface area (Å²) in [6.07, 6.45) is -3.24. The van der Waals surface area contributed by atoms with Crippen molar-refractivity contribution in [2.24, 2.45) is 0 Å². The molecule has 0 saturated heterocycles. The largest absolute Gasteiger partial charge is 0.573 e. The minimum absolute atomic E-state index is 0.154. The lowest BCUT2D eigenvalue weighted by atomic mass is 10.3. The van der Waals surface area contributed by atoms with Gasteiger partial charge in [0.15, 0.2) is 0 Å². The summed E-state index contributed by atoms with van der Waals surface area (Å²) in [6.45, 7) is 0.179. The second-order valence-electron chi connectivity index (χ2n) is 5.88. The minimum atomic E-state index is -4.87. The zero-order chi connectivity index (χ0) is 21.8. The number of nitrogens with one attached hydrogen (secondary N) is 1. The first-order valence-electron chi connectivity index (χ1n) is 8.33.